The Morgan fingerprint density at radius 1 is 1.46 bits per heavy atom. The molecule has 1 aliphatic heterocycles. The van der Waals surface area contributed by atoms with E-state index in [1.807, 2.05) is 0 Å². The van der Waals surface area contributed by atoms with Gasteiger partial charge in [0.25, 0.3) is 0 Å². The van der Waals surface area contributed by atoms with Gasteiger partial charge in [-0.3, -0.25) is 4.99 Å². The molecule has 1 heterocycles. The minimum absolute atomic E-state index is 0.432. The van der Waals surface area contributed by atoms with Crippen LogP contribution in [0.4, 0.5) is 4.79 Å². The van der Waals surface area contributed by atoms with Crippen LogP contribution in [0.3, 0.4) is 0 Å². The summed E-state index contributed by atoms with van der Waals surface area (Å²) in [6.45, 7) is 1.34. The van der Waals surface area contributed by atoms with Crippen molar-refractivity contribution in [2.75, 3.05) is 13.1 Å². The van der Waals surface area contributed by atoms with Gasteiger partial charge in [-0.1, -0.05) is 6.42 Å². The number of rotatable bonds is 3. The average molecular weight is 183 g/mol. The van der Waals surface area contributed by atoms with E-state index in [9.17, 15) is 9.90 Å². The molecule has 0 bridgehead atoms. The van der Waals surface area contributed by atoms with E-state index in [1.165, 1.54) is 12.8 Å². The second-order valence-electron chi connectivity index (χ2n) is 3.22. The maximum atomic E-state index is 10.0. The van der Waals surface area contributed by atoms with Gasteiger partial charge in [0.05, 0.1) is 0 Å². The molecular weight excluding hydrogens is 168 g/mol. The SMILES string of the molecule is O=C([O-])NCCC1=NCCCCC1. The molecule has 0 aromatic carbocycles. The van der Waals surface area contributed by atoms with Gasteiger partial charge in [-0.2, -0.15) is 0 Å². The summed E-state index contributed by atoms with van der Waals surface area (Å²) in [4.78, 5) is 14.4. The minimum atomic E-state index is -1.20. The van der Waals surface area contributed by atoms with E-state index in [4.69, 9.17) is 0 Å². The van der Waals surface area contributed by atoms with Crippen molar-refractivity contribution in [3.8, 4) is 0 Å². The fourth-order valence-corrected chi connectivity index (χ4v) is 1.45. The third-order valence-corrected chi connectivity index (χ3v) is 2.14. The molecule has 0 radical (unpaired) electrons. The molecule has 4 nitrogen and oxygen atoms in total. The van der Waals surface area contributed by atoms with Crippen LogP contribution in [-0.2, 0) is 0 Å². The van der Waals surface area contributed by atoms with Crippen LogP contribution in [0.2, 0.25) is 0 Å². The minimum Gasteiger partial charge on any atom is -0.530 e. The summed E-state index contributed by atoms with van der Waals surface area (Å²) >= 11 is 0. The third kappa shape index (κ3) is 4.50. The fraction of sp³-hybridized carbons (Fsp3) is 0.778. The lowest BCUT2D eigenvalue weighted by Gasteiger charge is -2.07. The Morgan fingerprint density at radius 2 is 2.31 bits per heavy atom. The second-order valence-corrected chi connectivity index (χ2v) is 3.22. The standard InChI is InChI=1S/C9H16N2O2/c12-9(13)11-7-5-8-4-2-1-3-6-10-8/h11H,1-7H2,(H,12,13)/p-1. The number of hydrogen-bond acceptors (Lipinski definition) is 3. The van der Waals surface area contributed by atoms with E-state index >= 15 is 0 Å². The molecule has 74 valence electrons. The van der Waals surface area contributed by atoms with Gasteiger partial charge in [0.2, 0.25) is 0 Å². The summed E-state index contributed by atoms with van der Waals surface area (Å²) in [5.41, 5.74) is 1.14. The van der Waals surface area contributed by atoms with Crippen molar-refractivity contribution in [3.63, 3.8) is 0 Å². The Labute approximate surface area is 78.1 Å². The van der Waals surface area contributed by atoms with Gasteiger partial charge < -0.3 is 15.2 Å². The molecule has 1 aliphatic rings. The van der Waals surface area contributed by atoms with Crippen molar-refractivity contribution >= 4 is 11.8 Å². The lowest BCUT2D eigenvalue weighted by molar-refractivity contribution is -0.250. The van der Waals surface area contributed by atoms with Crippen molar-refractivity contribution < 1.29 is 9.90 Å². The molecule has 13 heavy (non-hydrogen) atoms. The molecule has 0 saturated heterocycles. The maximum Gasteiger partial charge on any atom is 0.134 e. The van der Waals surface area contributed by atoms with Gasteiger partial charge in [-0.15, -0.1) is 0 Å². The van der Waals surface area contributed by atoms with Crippen LogP contribution < -0.4 is 10.4 Å². The molecule has 0 aromatic rings. The van der Waals surface area contributed by atoms with Crippen LogP contribution >= 0.6 is 0 Å². The van der Waals surface area contributed by atoms with Crippen LogP contribution in [-0.4, -0.2) is 24.9 Å². The molecule has 0 spiro atoms. The zero-order valence-electron chi connectivity index (χ0n) is 7.71. The highest BCUT2D eigenvalue weighted by Crippen LogP contribution is 2.08. The van der Waals surface area contributed by atoms with Crippen molar-refractivity contribution in [2.24, 2.45) is 4.99 Å². The van der Waals surface area contributed by atoms with E-state index in [0.717, 1.165) is 31.5 Å². The van der Waals surface area contributed by atoms with Gasteiger partial charge in [-0.05, 0) is 19.3 Å². The summed E-state index contributed by atoms with van der Waals surface area (Å²) in [7, 11) is 0. The van der Waals surface area contributed by atoms with Gasteiger partial charge >= 0.3 is 0 Å². The van der Waals surface area contributed by atoms with Crippen molar-refractivity contribution in [1.29, 1.82) is 0 Å². The van der Waals surface area contributed by atoms with Crippen molar-refractivity contribution in [3.05, 3.63) is 0 Å². The monoisotopic (exact) mass is 183 g/mol. The normalized spacial score (nSPS) is 17.4. The number of nitrogens with one attached hydrogen (secondary N) is 1. The van der Waals surface area contributed by atoms with Gasteiger partial charge in [-0.25, -0.2) is 0 Å². The predicted molar refractivity (Wildman–Crippen MR) is 48.8 cm³/mol. The summed E-state index contributed by atoms with van der Waals surface area (Å²) in [5.74, 6) is 0. The zero-order chi connectivity index (χ0) is 9.52. The lowest BCUT2D eigenvalue weighted by Crippen LogP contribution is -2.37. The maximum absolute atomic E-state index is 10.0. The first kappa shape index (κ1) is 10.0. The van der Waals surface area contributed by atoms with E-state index in [1.54, 1.807) is 0 Å². The highest BCUT2D eigenvalue weighted by molar-refractivity contribution is 5.85. The van der Waals surface area contributed by atoms with Crippen LogP contribution in [0.5, 0.6) is 0 Å². The largest absolute Gasteiger partial charge is 0.530 e. The molecule has 4 heteroatoms. The number of nitrogens with zero attached hydrogens (tertiary/aromatic N) is 1. The van der Waals surface area contributed by atoms with E-state index < -0.39 is 6.09 Å². The molecule has 0 saturated carbocycles. The summed E-state index contributed by atoms with van der Waals surface area (Å²) in [6, 6.07) is 0. The number of carbonyl (C=O) groups is 1. The Balaban J connectivity index is 2.18. The number of amides is 1. The van der Waals surface area contributed by atoms with E-state index in [0.29, 0.717) is 6.54 Å². The van der Waals surface area contributed by atoms with Gasteiger partial charge in [0.1, 0.15) is 6.09 Å². The summed E-state index contributed by atoms with van der Waals surface area (Å²) in [5, 5.41) is 12.3. The topological polar surface area (TPSA) is 64.5 Å². The van der Waals surface area contributed by atoms with Crippen LogP contribution in [0.15, 0.2) is 4.99 Å². The average Bonchev–Trinajstić information content (AvgIpc) is 2.32. The van der Waals surface area contributed by atoms with E-state index in [-0.39, 0.29) is 0 Å². The lowest BCUT2D eigenvalue weighted by atomic mass is 10.1. The molecule has 1 N–H and O–H groups in total. The highest BCUT2D eigenvalue weighted by Gasteiger charge is 2.03. The quantitative estimate of drug-likeness (QED) is 0.685. The Bertz CT molecular complexity index is 202. The first-order valence-electron chi connectivity index (χ1n) is 4.76. The predicted octanol–water partition coefficient (Wildman–Crippen LogP) is 0.324. The van der Waals surface area contributed by atoms with Crippen LogP contribution in [0.25, 0.3) is 0 Å². The molecule has 1 amide bonds. The number of hydrogen-bond donors (Lipinski definition) is 1. The zero-order valence-corrected chi connectivity index (χ0v) is 7.71. The Kier molecular flexibility index (Phi) is 4.29. The Hall–Kier alpha value is -1.06. The summed E-state index contributed by atoms with van der Waals surface area (Å²) in [6.07, 6.45) is 4.14. The van der Waals surface area contributed by atoms with Crippen molar-refractivity contribution in [1.82, 2.24) is 5.32 Å². The summed E-state index contributed by atoms with van der Waals surface area (Å²) < 4.78 is 0. The number of carbonyl (C=O) groups excluding carboxylic acids is 1. The molecule has 0 aliphatic carbocycles. The third-order valence-electron chi connectivity index (χ3n) is 2.14. The number of aliphatic imine (C=N–C) groups is 1. The molecular formula is C9H15N2O2-. The molecule has 0 atom stereocenters. The first-order valence-corrected chi connectivity index (χ1v) is 4.76. The smallest absolute Gasteiger partial charge is 0.134 e. The highest BCUT2D eigenvalue weighted by atomic mass is 16.4. The van der Waals surface area contributed by atoms with Crippen molar-refractivity contribution in [2.45, 2.75) is 32.1 Å². The van der Waals surface area contributed by atoms with Gasteiger partial charge in [0.15, 0.2) is 0 Å². The van der Waals surface area contributed by atoms with Gasteiger partial charge in [0, 0.05) is 25.2 Å². The first-order chi connectivity index (χ1) is 6.29. The second kappa shape index (κ2) is 5.56. The van der Waals surface area contributed by atoms with Crippen LogP contribution in [0, 0.1) is 0 Å². The Morgan fingerprint density at radius 3 is 3.08 bits per heavy atom. The molecule has 1 rings (SSSR count). The number of carboxylic acid groups (broad SMARTS) is 1. The van der Waals surface area contributed by atoms with Crippen LogP contribution in [0.1, 0.15) is 32.1 Å². The molecule has 0 fully saturated rings. The fourth-order valence-electron chi connectivity index (χ4n) is 1.45. The molecule has 0 aromatic heterocycles. The molecule has 0 unspecified atom stereocenters. The van der Waals surface area contributed by atoms with E-state index in [2.05, 4.69) is 10.3 Å².